The van der Waals surface area contributed by atoms with Crippen LogP contribution in [0.1, 0.15) is 20.3 Å². The maximum Gasteiger partial charge on any atom is 0.0549 e. The van der Waals surface area contributed by atoms with Gasteiger partial charge in [0.15, 0.2) is 0 Å². The summed E-state index contributed by atoms with van der Waals surface area (Å²) in [5, 5.41) is 3.29. The Morgan fingerprint density at radius 3 is 2.92 bits per heavy atom. The van der Waals surface area contributed by atoms with E-state index in [1.807, 2.05) is 6.07 Å². The standard InChI is InChI=1S/C9H15N3/c1-3-7(2)12-9-4-8(10)5-11-6-9/h4-7,12H,3,10H2,1-2H3. The summed E-state index contributed by atoms with van der Waals surface area (Å²) in [5.74, 6) is 0. The third-order valence-corrected chi connectivity index (χ3v) is 1.78. The van der Waals surface area contributed by atoms with Crippen molar-refractivity contribution < 1.29 is 0 Å². The molecule has 1 aromatic heterocycles. The lowest BCUT2D eigenvalue weighted by Gasteiger charge is -2.12. The summed E-state index contributed by atoms with van der Waals surface area (Å²) in [7, 11) is 0. The molecule has 3 nitrogen and oxygen atoms in total. The summed E-state index contributed by atoms with van der Waals surface area (Å²) in [5.41, 5.74) is 7.26. The maximum absolute atomic E-state index is 5.57. The van der Waals surface area contributed by atoms with Crippen LogP contribution in [0.25, 0.3) is 0 Å². The van der Waals surface area contributed by atoms with Gasteiger partial charge in [-0.2, -0.15) is 0 Å². The Balaban J connectivity index is 2.63. The summed E-state index contributed by atoms with van der Waals surface area (Å²) >= 11 is 0. The maximum atomic E-state index is 5.57. The fourth-order valence-electron chi connectivity index (χ4n) is 0.923. The molecule has 0 aliphatic heterocycles. The topological polar surface area (TPSA) is 50.9 Å². The molecule has 1 heterocycles. The minimum atomic E-state index is 0.466. The molecule has 0 spiro atoms. The van der Waals surface area contributed by atoms with Gasteiger partial charge in [-0.1, -0.05) is 6.92 Å². The minimum Gasteiger partial charge on any atom is -0.397 e. The second-order valence-electron chi connectivity index (χ2n) is 2.96. The Bertz CT molecular complexity index is 247. The second-order valence-corrected chi connectivity index (χ2v) is 2.96. The van der Waals surface area contributed by atoms with E-state index in [-0.39, 0.29) is 0 Å². The number of hydrogen-bond acceptors (Lipinski definition) is 3. The van der Waals surface area contributed by atoms with Gasteiger partial charge >= 0.3 is 0 Å². The predicted octanol–water partition coefficient (Wildman–Crippen LogP) is 1.87. The number of hydrogen-bond donors (Lipinski definition) is 2. The van der Waals surface area contributed by atoms with Crippen molar-refractivity contribution >= 4 is 11.4 Å². The first-order valence-corrected chi connectivity index (χ1v) is 4.19. The Morgan fingerprint density at radius 1 is 1.58 bits per heavy atom. The first-order valence-electron chi connectivity index (χ1n) is 4.19. The number of aromatic nitrogens is 1. The Kier molecular flexibility index (Phi) is 2.91. The molecular weight excluding hydrogens is 150 g/mol. The molecule has 66 valence electrons. The van der Waals surface area contributed by atoms with Crippen LogP contribution < -0.4 is 11.1 Å². The Labute approximate surface area is 73.0 Å². The highest BCUT2D eigenvalue weighted by atomic mass is 14.9. The Hall–Kier alpha value is -1.25. The van der Waals surface area contributed by atoms with Crippen molar-refractivity contribution in [2.24, 2.45) is 0 Å². The van der Waals surface area contributed by atoms with Gasteiger partial charge in [0.05, 0.1) is 17.6 Å². The van der Waals surface area contributed by atoms with Crippen molar-refractivity contribution in [3.05, 3.63) is 18.5 Å². The average Bonchev–Trinajstić information content (AvgIpc) is 2.04. The van der Waals surface area contributed by atoms with Crippen molar-refractivity contribution in [3.63, 3.8) is 0 Å². The van der Waals surface area contributed by atoms with Crippen LogP contribution in [0.5, 0.6) is 0 Å². The van der Waals surface area contributed by atoms with E-state index in [0.717, 1.165) is 12.1 Å². The zero-order chi connectivity index (χ0) is 8.97. The molecule has 0 fully saturated rings. The van der Waals surface area contributed by atoms with E-state index in [1.54, 1.807) is 12.4 Å². The molecule has 12 heavy (non-hydrogen) atoms. The quantitative estimate of drug-likeness (QED) is 0.719. The van der Waals surface area contributed by atoms with E-state index in [2.05, 4.69) is 24.1 Å². The van der Waals surface area contributed by atoms with Gasteiger partial charge in [0.25, 0.3) is 0 Å². The molecule has 0 saturated carbocycles. The van der Waals surface area contributed by atoms with E-state index < -0.39 is 0 Å². The average molecular weight is 165 g/mol. The summed E-state index contributed by atoms with van der Waals surface area (Å²) in [4.78, 5) is 3.98. The number of pyridine rings is 1. The fourth-order valence-corrected chi connectivity index (χ4v) is 0.923. The molecule has 0 saturated heterocycles. The van der Waals surface area contributed by atoms with Crippen molar-refractivity contribution in [1.29, 1.82) is 0 Å². The van der Waals surface area contributed by atoms with E-state index in [9.17, 15) is 0 Å². The molecule has 0 bridgehead atoms. The number of nitrogens with two attached hydrogens (primary N) is 1. The van der Waals surface area contributed by atoms with E-state index in [0.29, 0.717) is 11.7 Å². The number of rotatable bonds is 3. The van der Waals surface area contributed by atoms with Gasteiger partial charge in [-0.15, -0.1) is 0 Å². The van der Waals surface area contributed by atoms with Crippen molar-refractivity contribution in [1.82, 2.24) is 4.98 Å². The van der Waals surface area contributed by atoms with Gasteiger partial charge in [-0.3, -0.25) is 4.98 Å². The van der Waals surface area contributed by atoms with Crippen LogP contribution >= 0.6 is 0 Å². The minimum absolute atomic E-state index is 0.466. The lowest BCUT2D eigenvalue weighted by molar-refractivity contribution is 0.763. The molecule has 0 radical (unpaired) electrons. The molecule has 1 atom stereocenters. The molecule has 1 unspecified atom stereocenters. The monoisotopic (exact) mass is 165 g/mol. The first kappa shape index (κ1) is 8.84. The van der Waals surface area contributed by atoms with Crippen LogP contribution in [0.4, 0.5) is 11.4 Å². The van der Waals surface area contributed by atoms with E-state index >= 15 is 0 Å². The van der Waals surface area contributed by atoms with Gasteiger partial charge in [-0.25, -0.2) is 0 Å². The molecular formula is C9H15N3. The summed E-state index contributed by atoms with van der Waals surface area (Å²) in [6.07, 6.45) is 4.51. The van der Waals surface area contributed by atoms with Crippen LogP contribution in [0.15, 0.2) is 18.5 Å². The van der Waals surface area contributed by atoms with E-state index in [4.69, 9.17) is 5.73 Å². The predicted molar refractivity (Wildman–Crippen MR) is 52.0 cm³/mol. The number of nitrogen functional groups attached to an aromatic ring is 1. The first-order chi connectivity index (χ1) is 5.72. The SMILES string of the molecule is CCC(C)Nc1cncc(N)c1. The van der Waals surface area contributed by atoms with Gasteiger partial charge in [-0.05, 0) is 19.4 Å². The van der Waals surface area contributed by atoms with Crippen molar-refractivity contribution in [2.75, 3.05) is 11.1 Å². The number of nitrogens with one attached hydrogen (secondary N) is 1. The lowest BCUT2D eigenvalue weighted by Crippen LogP contribution is -2.13. The normalized spacial score (nSPS) is 12.5. The van der Waals surface area contributed by atoms with Gasteiger partial charge < -0.3 is 11.1 Å². The summed E-state index contributed by atoms with van der Waals surface area (Å²) in [6.45, 7) is 4.26. The van der Waals surface area contributed by atoms with Crippen LogP contribution in [0.2, 0.25) is 0 Å². The van der Waals surface area contributed by atoms with Crippen LogP contribution in [-0.2, 0) is 0 Å². The zero-order valence-electron chi connectivity index (χ0n) is 7.54. The molecule has 0 aliphatic carbocycles. The highest BCUT2D eigenvalue weighted by molar-refractivity contribution is 5.51. The van der Waals surface area contributed by atoms with E-state index in [1.165, 1.54) is 0 Å². The lowest BCUT2D eigenvalue weighted by atomic mass is 10.2. The largest absolute Gasteiger partial charge is 0.397 e. The molecule has 1 rings (SSSR count). The third-order valence-electron chi connectivity index (χ3n) is 1.78. The number of anilines is 2. The highest BCUT2D eigenvalue weighted by Gasteiger charge is 1.98. The Morgan fingerprint density at radius 2 is 2.33 bits per heavy atom. The zero-order valence-corrected chi connectivity index (χ0v) is 7.54. The van der Waals surface area contributed by atoms with Gasteiger partial charge in [0, 0.05) is 12.2 Å². The van der Waals surface area contributed by atoms with Crippen LogP contribution in [-0.4, -0.2) is 11.0 Å². The van der Waals surface area contributed by atoms with Crippen molar-refractivity contribution in [3.8, 4) is 0 Å². The van der Waals surface area contributed by atoms with Crippen LogP contribution in [0, 0.1) is 0 Å². The van der Waals surface area contributed by atoms with Gasteiger partial charge in [0.1, 0.15) is 0 Å². The van der Waals surface area contributed by atoms with Crippen molar-refractivity contribution in [2.45, 2.75) is 26.3 Å². The summed E-state index contributed by atoms with van der Waals surface area (Å²) in [6, 6.07) is 2.35. The van der Waals surface area contributed by atoms with Gasteiger partial charge in [0.2, 0.25) is 0 Å². The highest BCUT2D eigenvalue weighted by Crippen LogP contribution is 2.11. The molecule has 0 aromatic carbocycles. The molecule has 3 N–H and O–H groups in total. The number of nitrogens with zero attached hydrogens (tertiary/aromatic N) is 1. The third kappa shape index (κ3) is 2.42. The summed E-state index contributed by atoms with van der Waals surface area (Å²) < 4.78 is 0. The van der Waals surface area contributed by atoms with Crippen LogP contribution in [0.3, 0.4) is 0 Å². The second kappa shape index (κ2) is 3.95. The molecule has 0 amide bonds. The molecule has 1 aromatic rings. The fraction of sp³-hybridized carbons (Fsp3) is 0.444. The smallest absolute Gasteiger partial charge is 0.0549 e. The molecule has 3 heteroatoms. The molecule has 0 aliphatic rings.